The molecule has 5 rings (SSSR count). The summed E-state index contributed by atoms with van der Waals surface area (Å²) < 4.78 is 1.75. The third-order valence-electron chi connectivity index (χ3n) is 6.66. The Kier molecular flexibility index (Phi) is 7.07. The van der Waals surface area contributed by atoms with Gasteiger partial charge in [0.2, 0.25) is 5.91 Å². The Bertz CT molecular complexity index is 1220. The molecule has 3 aromatic rings. The topological polar surface area (TPSA) is 55.2 Å². The maximum Gasteiger partial charge on any atom is 0.264 e. The van der Waals surface area contributed by atoms with Crippen molar-refractivity contribution < 1.29 is 4.79 Å². The van der Waals surface area contributed by atoms with Crippen LogP contribution in [0, 0.1) is 0 Å². The monoisotopic (exact) mass is 493 g/mol. The van der Waals surface area contributed by atoms with Gasteiger partial charge in [-0.1, -0.05) is 60.1 Å². The minimum absolute atomic E-state index is 0.0447. The highest BCUT2D eigenvalue weighted by Gasteiger charge is 2.28. The van der Waals surface area contributed by atoms with E-state index in [0.29, 0.717) is 36.7 Å². The van der Waals surface area contributed by atoms with Gasteiger partial charge in [-0.3, -0.25) is 14.2 Å². The highest BCUT2D eigenvalue weighted by molar-refractivity contribution is 7.99. The first-order valence-corrected chi connectivity index (χ1v) is 13.2. The average molecular weight is 494 g/mol. The van der Waals surface area contributed by atoms with Crippen LogP contribution in [-0.2, 0) is 24.2 Å². The van der Waals surface area contributed by atoms with Crippen LogP contribution in [-0.4, -0.2) is 32.2 Å². The molecule has 0 unspecified atom stereocenters. The zero-order chi connectivity index (χ0) is 23.5. The van der Waals surface area contributed by atoms with Gasteiger partial charge in [0.15, 0.2) is 5.16 Å². The standard InChI is InChI=1S/C27H28ClN3O2S/c28-20-14-12-19(13-15-20)6-4-11-25(32)30-17-16-24-23(18-30)26(33)31(21-7-2-1-3-8-21)27(29-24)34-22-9-5-10-22/h1-3,7-8,12-15,22H,4-6,9-11,16-18H2. The Morgan fingerprint density at radius 2 is 1.85 bits per heavy atom. The van der Waals surface area contributed by atoms with Crippen molar-refractivity contribution in [3.8, 4) is 5.69 Å². The smallest absolute Gasteiger partial charge is 0.264 e. The zero-order valence-corrected chi connectivity index (χ0v) is 20.7. The highest BCUT2D eigenvalue weighted by Crippen LogP contribution is 2.36. The van der Waals surface area contributed by atoms with E-state index < -0.39 is 0 Å². The summed E-state index contributed by atoms with van der Waals surface area (Å²) in [4.78, 5) is 33.4. The van der Waals surface area contributed by atoms with E-state index in [4.69, 9.17) is 16.6 Å². The Labute approximate surface area is 209 Å². The van der Waals surface area contributed by atoms with Gasteiger partial charge in [0.25, 0.3) is 5.56 Å². The van der Waals surface area contributed by atoms with Crippen LogP contribution in [0.5, 0.6) is 0 Å². The largest absolute Gasteiger partial charge is 0.338 e. The number of carbonyl (C=O) groups excluding carboxylic acids is 1. The first-order valence-electron chi connectivity index (χ1n) is 12.0. The quantitative estimate of drug-likeness (QED) is 0.411. The minimum Gasteiger partial charge on any atom is -0.338 e. The predicted molar refractivity (Wildman–Crippen MR) is 137 cm³/mol. The van der Waals surface area contributed by atoms with Gasteiger partial charge in [0, 0.05) is 29.7 Å². The third-order valence-corrected chi connectivity index (χ3v) is 8.20. The van der Waals surface area contributed by atoms with Gasteiger partial charge in [-0.2, -0.15) is 0 Å². The molecule has 0 spiro atoms. The lowest BCUT2D eigenvalue weighted by Gasteiger charge is -2.30. The second kappa shape index (κ2) is 10.4. The molecular weight excluding hydrogens is 466 g/mol. The molecule has 1 fully saturated rings. The van der Waals surface area contributed by atoms with E-state index in [1.807, 2.05) is 59.5 Å². The fourth-order valence-electron chi connectivity index (χ4n) is 4.44. The Hall–Kier alpha value is -2.57. The van der Waals surface area contributed by atoms with E-state index in [-0.39, 0.29) is 11.5 Å². The number of carbonyl (C=O) groups is 1. The van der Waals surface area contributed by atoms with Crippen LogP contribution in [0.2, 0.25) is 5.02 Å². The van der Waals surface area contributed by atoms with Crippen molar-refractivity contribution in [1.29, 1.82) is 0 Å². The molecule has 34 heavy (non-hydrogen) atoms. The number of fused-ring (bicyclic) bond motifs is 1. The summed E-state index contributed by atoms with van der Waals surface area (Å²) in [6.07, 6.45) is 6.28. The summed E-state index contributed by atoms with van der Waals surface area (Å²) in [5, 5.41) is 2.03. The Morgan fingerprint density at radius 3 is 2.56 bits per heavy atom. The maximum absolute atomic E-state index is 13.7. The maximum atomic E-state index is 13.7. The van der Waals surface area contributed by atoms with Crippen LogP contribution in [0.25, 0.3) is 5.69 Å². The van der Waals surface area contributed by atoms with E-state index in [1.54, 1.807) is 16.3 Å². The highest BCUT2D eigenvalue weighted by atomic mass is 35.5. The molecule has 1 aromatic heterocycles. The number of benzene rings is 2. The summed E-state index contributed by atoms with van der Waals surface area (Å²) >= 11 is 7.67. The molecule has 7 heteroatoms. The molecule has 2 aliphatic rings. The summed E-state index contributed by atoms with van der Waals surface area (Å²) in [6, 6.07) is 17.5. The van der Waals surface area contributed by atoms with Gasteiger partial charge in [-0.25, -0.2) is 4.98 Å². The number of nitrogens with zero attached hydrogens (tertiary/aromatic N) is 3. The van der Waals surface area contributed by atoms with Gasteiger partial charge >= 0.3 is 0 Å². The molecule has 0 radical (unpaired) electrons. The molecule has 0 atom stereocenters. The van der Waals surface area contributed by atoms with E-state index in [2.05, 4.69) is 0 Å². The molecule has 1 amide bonds. The fraction of sp³-hybridized carbons (Fsp3) is 0.370. The molecule has 0 saturated heterocycles. The molecule has 1 saturated carbocycles. The van der Waals surface area contributed by atoms with Gasteiger partial charge in [0.05, 0.1) is 23.5 Å². The number of halogens is 1. The number of rotatable bonds is 7. The lowest BCUT2D eigenvalue weighted by Crippen LogP contribution is -2.41. The summed E-state index contributed by atoms with van der Waals surface area (Å²) in [7, 11) is 0. The van der Waals surface area contributed by atoms with Crippen molar-refractivity contribution in [3.63, 3.8) is 0 Å². The minimum atomic E-state index is -0.0447. The molecule has 176 valence electrons. The van der Waals surface area contributed by atoms with Gasteiger partial charge in [-0.05, 0) is 55.5 Å². The van der Waals surface area contributed by atoms with E-state index in [0.717, 1.165) is 34.4 Å². The van der Waals surface area contributed by atoms with Crippen LogP contribution in [0.1, 0.15) is 48.9 Å². The molecule has 0 bridgehead atoms. The third kappa shape index (κ3) is 5.08. The van der Waals surface area contributed by atoms with E-state index >= 15 is 0 Å². The van der Waals surface area contributed by atoms with Crippen molar-refractivity contribution in [1.82, 2.24) is 14.5 Å². The predicted octanol–water partition coefficient (Wildman–Crippen LogP) is 5.44. The summed E-state index contributed by atoms with van der Waals surface area (Å²) in [5.74, 6) is 0.0956. The van der Waals surface area contributed by atoms with Gasteiger partial charge in [-0.15, -0.1) is 0 Å². The summed E-state index contributed by atoms with van der Waals surface area (Å²) in [5.41, 5.74) is 3.46. The molecule has 2 aromatic carbocycles. The number of aromatic nitrogens is 2. The van der Waals surface area contributed by atoms with Crippen molar-refractivity contribution in [2.75, 3.05) is 6.54 Å². The van der Waals surface area contributed by atoms with Crippen LogP contribution < -0.4 is 5.56 Å². The average Bonchev–Trinajstić information content (AvgIpc) is 2.83. The summed E-state index contributed by atoms with van der Waals surface area (Å²) in [6.45, 7) is 0.949. The van der Waals surface area contributed by atoms with Crippen LogP contribution in [0.3, 0.4) is 0 Å². The number of amides is 1. The van der Waals surface area contributed by atoms with Crippen molar-refractivity contribution in [2.24, 2.45) is 0 Å². The molecule has 5 nitrogen and oxygen atoms in total. The number of aryl methyl sites for hydroxylation is 1. The number of thioether (sulfide) groups is 1. The normalized spacial score (nSPS) is 15.6. The Morgan fingerprint density at radius 1 is 1.09 bits per heavy atom. The molecule has 0 N–H and O–H groups in total. The molecular formula is C27H28ClN3O2S. The number of para-hydroxylation sites is 1. The van der Waals surface area contributed by atoms with Crippen LogP contribution >= 0.6 is 23.4 Å². The zero-order valence-electron chi connectivity index (χ0n) is 19.1. The van der Waals surface area contributed by atoms with Gasteiger partial charge in [0.1, 0.15) is 0 Å². The second-order valence-corrected chi connectivity index (χ2v) is 10.7. The first kappa shape index (κ1) is 23.2. The fourth-order valence-corrected chi connectivity index (χ4v) is 5.89. The molecule has 1 aliphatic heterocycles. The second-order valence-electron chi connectivity index (χ2n) is 9.01. The number of hydrogen-bond donors (Lipinski definition) is 0. The molecule has 2 heterocycles. The van der Waals surface area contributed by atoms with Crippen molar-refractivity contribution in [2.45, 2.75) is 61.9 Å². The molecule has 1 aliphatic carbocycles. The lowest BCUT2D eigenvalue weighted by atomic mass is 10.0. The van der Waals surface area contributed by atoms with Crippen molar-refractivity contribution >= 4 is 29.3 Å². The van der Waals surface area contributed by atoms with Gasteiger partial charge < -0.3 is 4.90 Å². The van der Waals surface area contributed by atoms with E-state index in [1.165, 1.54) is 24.8 Å². The number of hydrogen-bond acceptors (Lipinski definition) is 4. The van der Waals surface area contributed by atoms with Crippen molar-refractivity contribution in [3.05, 3.63) is 86.8 Å². The van der Waals surface area contributed by atoms with Crippen LogP contribution in [0.15, 0.2) is 64.5 Å². The SMILES string of the molecule is O=C(CCCc1ccc(Cl)cc1)N1CCc2nc(SC3CCC3)n(-c3ccccc3)c(=O)c2C1. The lowest BCUT2D eigenvalue weighted by molar-refractivity contribution is -0.132. The van der Waals surface area contributed by atoms with Crippen LogP contribution in [0.4, 0.5) is 0 Å². The van der Waals surface area contributed by atoms with E-state index in [9.17, 15) is 9.59 Å². The first-order chi connectivity index (χ1) is 16.6. The Balaban J connectivity index is 1.33.